The van der Waals surface area contributed by atoms with Gasteiger partial charge in [0, 0.05) is 31.4 Å². The van der Waals surface area contributed by atoms with Crippen LogP contribution >= 0.6 is 0 Å². The highest BCUT2D eigenvalue weighted by molar-refractivity contribution is 5.84. The maximum Gasteiger partial charge on any atom is 0.157 e. The van der Waals surface area contributed by atoms with Gasteiger partial charge in [0.1, 0.15) is 11.6 Å². The lowest BCUT2D eigenvalue weighted by Gasteiger charge is -2.29. The van der Waals surface area contributed by atoms with Crippen molar-refractivity contribution >= 4 is 10.8 Å². The van der Waals surface area contributed by atoms with Crippen molar-refractivity contribution in [3.05, 3.63) is 82.9 Å². The van der Waals surface area contributed by atoms with Crippen LogP contribution in [0.5, 0.6) is 0 Å². The van der Waals surface area contributed by atoms with E-state index >= 15 is 4.39 Å². The molecule has 0 atom stereocenters. The van der Waals surface area contributed by atoms with Crippen LogP contribution < -0.4 is 0 Å². The first-order valence-electron chi connectivity index (χ1n) is 11.8. The maximum absolute atomic E-state index is 15.1. The molecule has 0 N–H and O–H groups in total. The van der Waals surface area contributed by atoms with Gasteiger partial charge < -0.3 is 14.2 Å². The molecule has 0 spiro atoms. The summed E-state index contributed by atoms with van der Waals surface area (Å²) in [5.74, 6) is 0.0205. The van der Waals surface area contributed by atoms with Gasteiger partial charge in [0.25, 0.3) is 0 Å². The first kappa shape index (κ1) is 23.8. The molecule has 33 heavy (non-hydrogen) atoms. The van der Waals surface area contributed by atoms with Crippen molar-refractivity contribution in [1.82, 2.24) is 0 Å². The van der Waals surface area contributed by atoms with E-state index in [2.05, 4.69) is 6.07 Å². The topological polar surface area (TPSA) is 27.7 Å². The first-order chi connectivity index (χ1) is 16.1. The van der Waals surface area contributed by atoms with Gasteiger partial charge in [-0.25, -0.2) is 8.78 Å². The van der Waals surface area contributed by atoms with Crippen LogP contribution in [0.2, 0.25) is 0 Å². The van der Waals surface area contributed by atoms with Crippen molar-refractivity contribution in [2.75, 3.05) is 26.9 Å². The number of halogens is 2. The number of aryl methyl sites for hydroxylation is 3. The highest BCUT2D eigenvalue weighted by atomic mass is 19.1. The lowest BCUT2D eigenvalue weighted by molar-refractivity contribution is -0.203. The molecular weight excluding hydrogens is 422 g/mol. The van der Waals surface area contributed by atoms with E-state index in [1.165, 1.54) is 12.1 Å². The average molecular weight is 455 g/mol. The fourth-order valence-corrected chi connectivity index (χ4v) is 4.38. The smallest absolute Gasteiger partial charge is 0.157 e. The second-order valence-corrected chi connectivity index (χ2v) is 8.86. The fourth-order valence-electron chi connectivity index (χ4n) is 4.38. The minimum atomic E-state index is -0.254. The normalized spacial score (nSPS) is 18.6. The van der Waals surface area contributed by atoms with E-state index in [0.717, 1.165) is 62.0 Å². The van der Waals surface area contributed by atoms with Crippen LogP contribution in [0.4, 0.5) is 8.78 Å². The van der Waals surface area contributed by atoms with Gasteiger partial charge in [-0.05, 0) is 66.3 Å². The molecule has 3 aromatic carbocycles. The number of benzene rings is 3. The number of fused-ring (bicyclic) bond motifs is 1. The molecule has 3 nitrogen and oxygen atoms in total. The highest BCUT2D eigenvalue weighted by Crippen LogP contribution is 2.25. The molecule has 0 aromatic heterocycles. The summed E-state index contributed by atoms with van der Waals surface area (Å²) < 4.78 is 45.0. The molecule has 176 valence electrons. The van der Waals surface area contributed by atoms with Crippen molar-refractivity contribution in [3.8, 4) is 0 Å². The summed E-state index contributed by atoms with van der Waals surface area (Å²) in [5.41, 5.74) is 2.83. The van der Waals surface area contributed by atoms with Gasteiger partial charge in [-0.2, -0.15) is 0 Å². The van der Waals surface area contributed by atoms with Crippen molar-refractivity contribution in [1.29, 1.82) is 0 Å². The van der Waals surface area contributed by atoms with Crippen LogP contribution in [0, 0.1) is 17.6 Å². The first-order valence-corrected chi connectivity index (χ1v) is 11.8. The zero-order valence-electron chi connectivity index (χ0n) is 19.2. The highest BCUT2D eigenvalue weighted by Gasteiger charge is 2.21. The maximum atomic E-state index is 15.1. The van der Waals surface area contributed by atoms with Gasteiger partial charge in [-0.3, -0.25) is 0 Å². The van der Waals surface area contributed by atoms with E-state index in [4.69, 9.17) is 14.2 Å². The molecule has 0 unspecified atom stereocenters. The molecule has 5 heteroatoms. The third-order valence-electron chi connectivity index (χ3n) is 6.36. The Balaban J connectivity index is 1.30. The third-order valence-corrected chi connectivity index (χ3v) is 6.36. The molecule has 0 aliphatic carbocycles. The van der Waals surface area contributed by atoms with E-state index in [1.807, 2.05) is 24.3 Å². The fraction of sp³-hybridized carbons (Fsp3) is 0.429. The Hall–Kier alpha value is -2.34. The number of rotatable bonds is 10. The predicted molar refractivity (Wildman–Crippen MR) is 126 cm³/mol. The van der Waals surface area contributed by atoms with Crippen LogP contribution in [0.15, 0.2) is 54.6 Å². The lowest BCUT2D eigenvalue weighted by atomic mass is 9.98. The molecule has 1 fully saturated rings. The second-order valence-electron chi connectivity index (χ2n) is 8.86. The Kier molecular flexibility index (Phi) is 8.43. The van der Waals surface area contributed by atoms with Gasteiger partial charge in [-0.15, -0.1) is 0 Å². The molecule has 0 amide bonds. The molecule has 1 aliphatic heterocycles. The summed E-state index contributed by atoms with van der Waals surface area (Å²) in [6.45, 7) is 2.24. The van der Waals surface area contributed by atoms with Gasteiger partial charge in [0.05, 0.1) is 13.2 Å². The van der Waals surface area contributed by atoms with Crippen LogP contribution in [0.1, 0.15) is 36.0 Å². The summed E-state index contributed by atoms with van der Waals surface area (Å²) in [6, 6.07) is 16.2. The van der Waals surface area contributed by atoms with Crippen LogP contribution in [0.25, 0.3) is 10.8 Å². The van der Waals surface area contributed by atoms with E-state index in [-0.39, 0.29) is 17.9 Å². The quantitative estimate of drug-likeness (QED) is 0.339. The van der Waals surface area contributed by atoms with E-state index < -0.39 is 0 Å². The number of hydrogen-bond acceptors (Lipinski definition) is 3. The van der Waals surface area contributed by atoms with E-state index in [1.54, 1.807) is 19.2 Å². The standard InChI is InChI=1S/C28H32F2O3/c1-31-16-2-3-22-18-32-27(33-19-22)15-8-21-7-14-26-24(17-21)11-10-23(28(26)30)9-4-20-5-12-25(29)13-6-20/h5-7,10-14,17,22,27H,2-4,8-9,15-16,18-19H2,1H3. The average Bonchev–Trinajstić information content (AvgIpc) is 2.84. The van der Waals surface area contributed by atoms with E-state index in [0.29, 0.717) is 29.7 Å². The molecule has 1 saturated heterocycles. The molecule has 4 rings (SSSR count). The minimum Gasteiger partial charge on any atom is -0.385 e. The Morgan fingerprint density at radius 1 is 0.848 bits per heavy atom. The molecule has 1 heterocycles. The SMILES string of the molecule is COCCCC1COC(CCc2ccc3c(F)c(CCc4ccc(F)cc4)ccc3c2)OC1. The zero-order chi connectivity index (χ0) is 23.0. The summed E-state index contributed by atoms with van der Waals surface area (Å²) in [6.07, 6.45) is 4.78. The van der Waals surface area contributed by atoms with Crippen molar-refractivity contribution < 1.29 is 23.0 Å². The Morgan fingerprint density at radius 2 is 1.61 bits per heavy atom. The van der Waals surface area contributed by atoms with Crippen LogP contribution in [-0.4, -0.2) is 33.2 Å². The van der Waals surface area contributed by atoms with Gasteiger partial charge >= 0.3 is 0 Å². The molecule has 1 aliphatic rings. The predicted octanol–water partition coefficient (Wildman–Crippen LogP) is 6.25. The largest absolute Gasteiger partial charge is 0.385 e. The van der Waals surface area contributed by atoms with Crippen molar-refractivity contribution in [2.45, 2.75) is 44.8 Å². The Morgan fingerprint density at radius 3 is 2.36 bits per heavy atom. The molecule has 0 bridgehead atoms. The summed E-state index contributed by atoms with van der Waals surface area (Å²) in [7, 11) is 1.72. The summed E-state index contributed by atoms with van der Waals surface area (Å²) >= 11 is 0. The monoisotopic (exact) mass is 454 g/mol. The summed E-state index contributed by atoms with van der Waals surface area (Å²) in [4.78, 5) is 0. The number of hydrogen-bond donors (Lipinski definition) is 0. The third kappa shape index (κ3) is 6.59. The zero-order valence-corrected chi connectivity index (χ0v) is 19.2. The van der Waals surface area contributed by atoms with Crippen molar-refractivity contribution in [3.63, 3.8) is 0 Å². The van der Waals surface area contributed by atoms with Gasteiger partial charge in [0.15, 0.2) is 6.29 Å². The number of methoxy groups -OCH3 is 1. The Labute approximate surface area is 194 Å². The Bertz CT molecular complexity index is 1030. The summed E-state index contributed by atoms with van der Waals surface area (Å²) in [5, 5.41) is 1.54. The van der Waals surface area contributed by atoms with Gasteiger partial charge in [0.2, 0.25) is 0 Å². The molecule has 0 saturated carbocycles. The number of ether oxygens (including phenoxy) is 3. The van der Waals surface area contributed by atoms with E-state index in [9.17, 15) is 4.39 Å². The molecule has 0 radical (unpaired) electrons. The van der Waals surface area contributed by atoms with Crippen LogP contribution in [-0.2, 0) is 33.5 Å². The minimum absolute atomic E-state index is 0.167. The van der Waals surface area contributed by atoms with Crippen LogP contribution in [0.3, 0.4) is 0 Å². The second kappa shape index (κ2) is 11.7. The van der Waals surface area contributed by atoms with Gasteiger partial charge in [-0.1, -0.05) is 42.5 Å². The van der Waals surface area contributed by atoms with Crippen molar-refractivity contribution in [2.24, 2.45) is 5.92 Å². The lowest BCUT2D eigenvalue weighted by Crippen LogP contribution is -2.32. The molecular formula is C28H32F2O3. The molecule has 3 aromatic rings.